The number of likely N-dealkylation sites (tertiary alicyclic amines) is 1. The fourth-order valence-corrected chi connectivity index (χ4v) is 4.26. The monoisotopic (exact) mass is 479 g/mol. The highest BCUT2D eigenvalue weighted by Gasteiger charge is 2.40. The van der Waals surface area contributed by atoms with Gasteiger partial charge in [-0.25, -0.2) is 14.6 Å². The summed E-state index contributed by atoms with van der Waals surface area (Å²) in [7, 11) is 1.42. The van der Waals surface area contributed by atoms with Crippen molar-refractivity contribution in [3.8, 4) is 11.1 Å². The minimum absolute atomic E-state index is 0.0364. The van der Waals surface area contributed by atoms with Crippen LogP contribution in [0.15, 0.2) is 78.9 Å². The third-order valence-corrected chi connectivity index (χ3v) is 6.24. The molecule has 6 nitrogen and oxygen atoms in total. The van der Waals surface area contributed by atoms with E-state index in [1.54, 1.807) is 4.90 Å². The van der Waals surface area contributed by atoms with Crippen LogP contribution in [0, 0.1) is 11.8 Å². The lowest BCUT2D eigenvalue weighted by molar-refractivity contribution is -0.280. The zero-order valence-corrected chi connectivity index (χ0v) is 19.6. The largest absolute Gasteiger partial charge is 0.445 e. The molecular weight excluding hydrogens is 454 g/mol. The van der Waals surface area contributed by atoms with Gasteiger partial charge in [0, 0.05) is 35.5 Å². The van der Waals surface area contributed by atoms with Crippen LogP contribution in [0.1, 0.15) is 15.9 Å². The minimum atomic E-state index is -0.445. The van der Waals surface area contributed by atoms with E-state index in [9.17, 15) is 9.59 Å². The molecule has 0 aliphatic carbocycles. The van der Waals surface area contributed by atoms with E-state index in [0.717, 1.165) is 16.7 Å². The van der Waals surface area contributed by atoms with Gasteiger partial charge in [0.1, 0.15) is 6.61 Å². The Morgan fingerprint density at radius 1 is 0.912 bits per heavy atom. The molecule has 1 aliphatic rings. The molecule has 7 heteroatoms. The molecule has 3 aromatic carbocycles. The summed E-state index contributed by atoms with van der Waals surface area (Å²) >= 11 is 5.97. The number of benzene rings is 3. The molecule has 34 heavy (non-hydrogen) atoms. The third-order valence-electron chi connectivity index (χ3n) is 5.99. The molecule has 2 atom stereocenters. The fraction of sp³-hybridized carbons (Fsp3) is 0.259. The smallest absolute Gasteiger partial charge is 0.410 e. The Labute approximate surface area is 203 Å². The van der Waals surface area contributed by atoms with Crippen molar-refractivity contribution < 1.29 is 24.1 Å². The highest BCUT2D eigenvalue weighted by Crippen LogP contribution is 2.29. The molecule has 1 unspecified atom stereocenters. The summed E-state index contributed by atoms with van der Waals surface area (Å²) in [6.07, 6.45) is -0.445. The summed E-state index contributed by atoms with van der Waals surface area (Å²) in [5.41, 5.74) is 3.50. The number of halogens is 1. The Kier molecular flexibility index (Phi) is 7.95. The maximum atomic E-state index is 13.4. The Bertz CT molecular complexity index is 1100. The molecule has 1 fully saturated rings. The van der Waals surface area contributed by atoms with Crippen LogP contribution in [0.25, 0.3) is 11.1 Å². The van der Waals surface area contributed by atoms with Crippen molar-refractivity contribution in [1.29, 1.82) is 0 Å². The summed E-state index contributed by atoms with van der Waals surface area (Å²) in [6.45, 7) is 1.01. The van der Waals surface area contributed by atoms with Crippen molar-refractivity contribution in [1.82, 2.24) is 4.90 Å². The van der Waals surface area contributed by atoms with Crippen LogP contribution in [0.3, 0.4) is 0 Å². The summed E-state index contributed by atoms with van der Waals surface area (Å²) in [6, 6.07) is 24.5. The van der Waals surface area contributed by atoms with Gasteiger partial charge in [0.25, 0.3) is 0 Å². The quantitative estimate of drug-likeness (QED) is 0.237. The second-order valence-electron chi connectivity index (χ2n) is 8.21. The molecule has 0 aromatic heterocycles. The van der Waals surface area contributed by atoms with E-state index in [1.807, 2.05) is 78.9 Å². The van der Waals surface area contributed by atoms with E-state index in [2.05, 4.69) is 0 Å². The predicted octanol–water partition coefficient (Wildman–Crippen LogP) is 5.65. The maximum absolute atomic E-state index is 13.4. The van der Waals surface area contributed by atoms with E-state index >= 15 is 0 Å². The maximum Gasteiger partial charge on any atom is 0.410 e. The minimum Gasteiger partial charge on any atom is -0.445 e. The van der Waals surface area contributed by atoms with Gasteiger partial charge in [-0.3, -0.25) is 4.79 Å². The molecule has 0 saturated carbocycles. The molecule has 1 saturated heterocycles. The number of hydrogen-bond donors (Lipinski definition) is 0. The summed E-state index contributed by atoms with van der Waals surface area (Å²) in [5, 5.41) is 0.674. The van der Waals surface area contributed by atoms with Crippen molar-refractivity contribution in [3.63, 3.8) is 0 Å². The first-order valence-corrected chi connectivity index (χ1v) is 11.4. The molecule has 0 radical (unpaired) electrons. The topological polar surface area (TPSA) is 65.1 Å². The number of nitrogens with zero attached hydrogens (tertiary/aromatic N) is 1. The Balaban J connectivity index is 1.44. The molecule has 3 aromatic rings. The number of hydrogen-bond acceptors (Lipinski definition) is 5. The molecule has 0 N–H and O–H groups in total. The second-order valence-corrected chi connectivity index (χ2v) is 8.65. The van der Waals surface area contributed by atoms with Gasteiger partial charge in [-0.1, -0.05) is 78.3 Å². The number of Topliss-reactive ketones (excluding diaryl/α,β-unsaturated/α-hetero) is 1. The standard InChI is InChI=1S/C27H26ClNO5/c1-32-34-18-23-15-29(27(31)33-17-19-5-3-2-4-6-19)16-25(23)26(30)22-9-7-20(8-10-22)21-11-13-24(28)14-12-21/h2-14,23,25H,15-18H2,1H3/t23?,25-/m0/s1. The summed E-state index contributed by atoms with van der Waals surface area (Å²) in [4.78, 5) is 37.5. The number of ketones is 1. The Morgan fingerprint density at radius 3 is 2.21 bits per heavy atom. The third kappa shape index (κ3) is 5.83. The second kappa shape index (κ2) is 11.3. The van der Waals surface area contributed by atoms with Gasteiger partial charge in [0.05, 0.1) is 13.7 Å². The summed E-state index contributed by atoms with van der Waals surface area (Å²) < 4.78 is 5.47. The molecule has 1 amide bonds. The number of rotatable bonds is 8. The average Bonchev–Trinajstić information content (AvgIpc) is 3.31. The lowest BCUT2D eigenvalue weighted by Gasteiger charge is -2.16. The lowest BCUT2D eigenvalue weighted by Crippen LogP contribution is -2.30. The van der Waals surface area contributed by atoms with E-state index in [4.69, 9.17) is 26.1 Å². The SMILES string of the molecule is COOCC1CN(C(=O)OCc2ccccc2)C[C@@H]1C(=O)c1ccc(-c2ccc(Cl)cc2)cc1. The van der Waals surface area contributed by atoms with Crippen molar-refractivity contribution in [2.45, 2.75) is 6.61 Å². The fourth-order valence-electron chi connectivity index (χ4n) is 4.14. The van der Waals surface area contributed by atoms with Crippen molar-refractivity contribution >= 4 is 23.5 Å². The number of carbonyl (C=O) groups excluding carboxylic acids is 2. The first kappa shape index (κ1) is 24.0. The molecule has 0 bridgehead atoms. The number of carbonyl (C=O) groups is 2. The van der Waals surface area contributed by atoms with Crippen LogP contribution >= 0.6 is 11.6 Å². The van der Waals surface area contributed by atoms with Crippen LogP contribution in [0.5, 0.6) is 0 Å². The van der Waals surface area contributed by atoms with Crippen molar-refractivity contribution in [3.05, 3.63) is 95.0 Å². The molecule has 0 spiro atoms. The highest BCUT2D eigenvalue weighted by atomic mass is 35.5. The van der Waals surface area contributed by atoms with Crippen molar-refractivity contribution in [2.24, 2.45) is 11.8 Å². The summed E-state index contributed by atoms with van der Waals surface area (Å²) in [5.74, 6) is -0.654. The number of ether oxygens (including phenoxy) is 1. The molecule has 1 heterocycles. The highest BCUT2D eigenvalue weighted by molar-refractivity contribution is 6.30. The Hall–Kier alpha value is -3.19. The van der Waals surface area contributed by atoms with Gasteiger partial charge in [-0.05, 0) is 28.8 Å². The average molecular weight is 480 g/mol. The molecule has 1 aliphatic heterocycles. The van der Waals surface area contributed by atoms with E-state index in [-0.39, 0.29) is 31.5 Å². The number of amides is 1. The normalized spacial score (nSPS) is 17.5. The van der Waals surface area contributed by atoms with Crippen LogP contribution in [-0.4, -0.2) is 43.6 Å². The van der Waals surface area contributed by atoms with E-state index in [1.165, 1.54) is 7.11 Å². The van der Waals surface area contributed by atoms with Gasteiger partial charge in [0.2, 0.25) is 0 Å². The molecule has 176 valence electrons. The van der Waals surface area contributed by atoms with Crippen LogP contribution < -0.4 is 0 Å². The zero-order chi connectivity index (χ0) is 23.9. The predicted molar refractivity (Wildman–Crippen MR) is 129 cm³/mol. The van der Waals surface area contributed by atoms with E-state index < -0.39 is 12.0 Å². The van der Waals surface area contributed by atoms with Crippen molar-refractivity contribution in [2.75, 3.05) is 26.8 Å². The first-order valence-electron chi connectivity index (χ1n) is 11.1. The van der Waals surface area contributed by atoms with Crippen LogP contribution in [-0.2, 0) is 21.1 Å². The lowest BCUT2D eigenvalue weighted by atomic mass is 9.88. The Morgan fingerprint density at radius 2 is 1.56 bits per heavy atom. The van der Waals surface area contributed by atoms with Gasteiger partial charge in [0.15, 0.2) is 5.78 Å². The van der Waals surface area contributed by atoms with E-state index in [0.29, 0.717) is 17.1 Å². The zero-order valence-electron chi connectivity index (χ0n) is 18.9. The van der Waals surface area contributed by atoms with Crippen LogP contribution in [0.4, 0.5) is 4.79 Å². The van der Waals surface area contributed by atoms with Gasteiger partial charge in [-0.2, -0.15) is 0 Å². The molecule has 4 rings (SSSR count). The van der Waals surface area contributed by atoms with Crippen LogP contribution in [0.2, 0.25) is 5.02 Å². The van der Waals surface area contributed by atoms with Gasteiger partial charge >= 0.3 is 6.09 Å². The first-order chi connectivity index (χ1) is 16.5. The van der Waals surface area contributed by atoms with Gasteiger partial charge < -0.3 is 9.64 Å². The van der Waals surface area contributed by atoms with Gasteiger partial charge in [-0.15, -0.1) is 0 Å². The molecular formula is C27H26ClNO5.